The number of fused-ring (bicyclic) bond motifs is 2. The summed E-state index contributed by atoms with van der Waals surface area (Å²) in [5.41, 5.74) is 4.81. The summed E-state index contributed by atoms with van der Waals surface area (Å²) >= 11 is 0. The van der Waals surface area contributed by atoms with E-state index >= 15 is 0 Å². The summed E-state index contributed by atoms with van der Waals surface area (Å²) in [6, 6.07) is 7.97. The Kier molecular flexibility index (Phi) is 4.60. The Hall–Kier alpha value is -2.83. The van der Waals surface area contributed by atoms with Crippen molar-refractivity contribution in [2.75, 3.05) is 13.1 Å². The third-order valence-corrected chi connectivity index (χ3v) is 5.24. The zero-order valence-electron chi connectivity index (χ0n) is 14.6. The molecule has 2 heterocycles. The molecule has 0 bridgehead atoms. The monoisotopic (exact) mass is 353 g/mol. The Labute approximate surface area is 152 Å². The van der Waals surface area contributed by atoms with E-state index in [2.05, 4.69) is 33.0 Å². The quantitative estimate of drug-likeness (QED) is 0.773. The van der Waals surface area contributed by atoms with Gasteiger partial charge in [0, 0.05) is 31.2 Å². The molecule has 1 atom stereocenters. The maximum Gasteiger partial charge on any atom is 0.315 e. The largest absolute Gasteiger partial charge is 0.336 e. The Morgan fingerprint density at radius 1 is 1.19 bits per heavy atom. The van der Waals surface area contributed by atoms with Crippen LogP contribution < -0.4 is 10.6 Å². The molecular weight excluding hydrogens is 330 g/mol. The molecule has 0 saturated heterocycles. The fourth-order valence-corrected chi connectivity index (χ4v) is 3.74. The predicted molar refractivity (Wildman–Crippen MR) is 96.5 cm³/mol. The van der Waals surface area contributed by atoms with Gasteiger partial charge >= 0.3 is 6.03 Å². The molecule has 136 valence electrons. The van der Waals surface area contributed by atoms with Gasteiger partial charge in [0.05, 0.1) is 12.7 Å². The molecule has 2 aromatic rings. The summed E-state index contributed by atoms with van der Waals surface area (Å²) in [5.74, 6) is -0.0471. The molecule has 0 saturated carbocycles. The lowest BCUT2D eigenvalue weighted by Gasteiger charge is -2.29. The summed E-state index contributed by atoms with van der Waals surface area (Å²) in [7, 11) is 0. The molecule has 3 N–H and O–H groups in total. The summed E-state index contributed by atoms with van der Waals surface area (Å²) in [6.07, 6.45) is 5.25. The van der Waals surface area contributed by atoms with Crippen molar-refractivity contribution in [2.24, 2.45) is 0 Å². The highest BCUT2D eigenvalue weighted by Crippen LogP contribution is 2.19. The molecule has 4 rings (SSSR count). The number of benzene rings is 1. The van der Waals surface area contributed by atoms with Crippen LogP contribution >= 0.6 is 0 Å². The van der Waals surface area contributed by atoms with E-state index in [4.69, 9.17) is 0 Å². The Bertz CT molecular complexity index is 816. The van der Waals surface area contributed by atoms with Crippen molar-refractivity contribution in [2.45, 2.75) is 38.3 Å². The minimum absolute atomic E-state index is 0.0238. The first-order valence-corrected chi connectivity index (χ1v) is 9.09. The average molecular weight is 353 g/mol. The van der Waals surface area contributed by atoms with Crippen LogP contribution in [-0.2, 0) is 30.6 Å². The van der Waals surface area contributed by atoms with E-state index in [0.717, 1.165) is 31.4 Å². The number of nitrogens with one attached hydrogen (secondary N) is 3. The molecule has 7 heteroatoms. The topological polar surface area (TPSA) is 90.1 Å². The lowest BCUT2D eigenvalue weighted by Crippen LogP contribution is -2.48. The van der Waals surface area contributed by atoms with Gasteiger partial charge in [-0.25, -0.2) is 4.79 Å². The lowest BCUT2D eigenvalue weighted by atomic mass is 9.94. The molecule has 7 nitrogen and oxygen atoms in total. The normalized spacial score (nSPS) is 18.6. The second-order valence-electron chi connectivity index (χ2n) is 6.97. The van der Waals surface area contributed by atoms with Gasteiger partial charge in [-0.3, -0.25) is 9.89 Å². The smallest absolute Gasteiger partial charge is 0.315 e. The van der Waals surface area contributed by atoms with Crippen LogP contribution in [0.1, 0.15) is 28.8 Å². The zero-order chi connectivity index (χ0) is 17.9. The summed E-state index contributed by atoms with van der Waals surface area (Å²) in [5, 5.41) is 12.7. The number of aromatic amines is 1. The lowest BCUT2D eigenvalue weighted by molar-refractivity contribution is -0.131. The van der Waals surface area contributed by atoms with Crippen molar-refractivity contribution in [3.05, 3.63) is 52.8 Å². The Morgan fingerprint density at radius 3 is 2.92 bits per heavy atom. The molecule has 1 unspecified atom stereocenters. The maximum atomic E-state index is 12.4. The van der Waals surface area contributed by atoms with E-state index in [1.165, 1.54) is 16.7 Å². The van der Waals surface area contributed by atoms with E-state index in [9.17, 15) is 9.59 Å². The molecule has 0 radical (unpaired) electrons. The Balaban J connectivity index is 1.24. The van der Waals surface area contributed by atoms with E-state index < -0.39 is 0 Å². The van der Waals surface area contributed by atoms with Crippen LogP contribution in [0.2, 0.25) is 0 Å². The van der Waals surface area contributed by atoms with Crippen molar-refractivity contribution >= 4 is 11.9 Å². The van der Waals surface area contributed by atoms with Gasteiger partial charge in [0.25, 0.3) is 0 Å². The number of nitrogens with zero attached hydrogens (tertiary/aromatic N) is 2. The fourth-order valence-electron chi connectivity index (χ4n) is 3.74. The van der Waals surface area contributed by atoms with Gasteiger partial charge in [-0.2, -0.15) is 5.10 Å². The minimum atomic E-state index is -0.288. The van der Waals surface area contributed by atoms with Crippen LogP contribution in [0.15, 0.2) is 30.5 Å². The van der Waals surface area contributed by atoms with Gasteiger partial charge in [-0.05, 0) is 36.0 Å². The number of amides is 3. The molecule has 1 aliphatic heterocycles. The average Bonchev–Trinajstić information content (AvgIpc) is 3.13. The Morgan fingerprint density at radius 2 is 2.04 bits per heavy atom. The first kappa shape index (κ1) is 16.6. The summed E-state index contributed by atoms with van der Waals surface area (Å²) < 4.78 is 0. The van der Waals surface area contributed by atoms with Gasteiger partial charge in [0.2, 0.25) is 5.91 Å². The van der Waals surface area contributed by atoms with Crippen molar-refractivity contribution in [1.29, 1.82) is 0 Å². The van der Waals surface area contributed by atoms with Gasteiger partial charge < -0.3 is 15.5 Å². The van der Waals surface area contributed by atoms with E-state index in [1.807, 2.05) is 18.3 Å². The number of hydrogen-bond acceptors (Lipinski definition) is 3. The van der Waals surface area contributed by atoms with Gasteiger partial charge in [0.1, 0.15) is 0 Å². The minimum Gasteiger partial charge on any atom is -0.336 e. The van der Waals surface area contributed by atoms with Gasteiger partial charge in [-0.15, -0.1) is 0 Å². The van der Waals surface area contributed by atoms with Crippen LogP contribution in [0.4, 0.5) is 4.79 Å². The highest BCUT2D eigenvalue weighted by Gasteiger charge is 2.23. The second kappa shape index (κ2) is 7.19. The fraction of sp³-hybridized carbons (Fsp3) is 0.421. The van der Waals surface area contributed by atoms with Gasteiger partial charge in [0.15, 0.2) is 0 Å². The second-order valence-corrected chi connectivity index (χ2v) is 6.97. The van der Waals surface area contributed by atoms with Gasteiger partial charge in [-0.1, -0.05) is 24.3 Å². The standard InChI is InChI=1S/C19H23N5O2/c25-18(24-8-7-13-3-1-2-4-15(13)12-24)11-20-19(26)22-16-6-5-14-10-21-23-17(14)9-16/h1-4,10,16H,5-9,11-12H2,(H,21,23)(H2,20,22,26). The third kappa shape index (κ3) is 3.56. The molecule has 1 aliphatic carbocycles. The molecular formula is C19H23N5O2. The molecule has 2 aliphatic rings. The first-order valence-electron chi connectivity index (χ1n) is 9.09. The van der Waals surface area contributed by atoms with Crippen LogP contribution in [0.5, 0.6) is 0 Å². The molecule has 3 amide bonds. The molecule has 1 aromatic carbocycles. The van der Waals surface area contributed by atoms with E-state index in [0.29, 0.717) is 13.1 Å². The number of carbonyl (C=O) groups is 2. The molecule has 0 spiro atoms. The predicted octanol–water partition coefficient (Wildman–Crippen LogP) is 1.15. The highest BCUT2D eigenvalue weighted by atomic mass is 16.2. The zero-order valence-corrected chi connectivity index (χ0v) is 14.6. The molecule has 26 heavy (non-hydrogen) atoms. The highest BCUT2D eigenvalue weighted by molar-refractivity contribution is 5.84. The summed E-state index contributed by atoms with van der Waals surface area (Å²) in [4.78, 5) is 26.3. The van der Waals surface area contributed by atoms with Crippen LogP contribution in [0.3, 0.4) is 0 Å². The van der Waals surface area contributed by atoms with Crippen molar-refractivity contribution in [3.63, 3.8) is 0 Å². The van der Waals surface area contributed by atoms with Crippen molar-refractivity contribution in [3.8, 4) is 0 Å². The number of rotatable bonds is 3. The van der Waals surface area contributed by atoms with E-state index in [1.54, 1.807) is 4.90 Å². The molecule has 1 aromatic heterocycles. The van der Waals surface area contributed by atoms with Crippen molar-refractivity contribution < 1.29 is 9.59 Å². The SMILES string of the molecule is O=C(NCC(=O)N1CCc2ccccc2C1)NC1CCc2cn[nH]c2C1. The van der Waals surface area contributed by atoms with E-state index in [-0.39, 0.29) is 24.5 Å². The first-order chi connectivity index (χ1) is 12.7. The van der Waals surface area contributed by atoms with Crippen molar-refractivity contribution in [1.82, 2.24) is 25.7 Å². The number of aryl methyl sites for hydroxylation is 1. The summed E-state index contributed by atoms with van der Waals surface area (Å²) in [6.45, 7) is 1.34. The maximum absolute atomic E-state index is 12.4. The number of aromatic nitrogens is 2. The number of H-pyrrole nitrogens is 1. The van der Waals surface area contributed by atoms with Crippen LogP contribution in [0.25, 0.3) is 0 Å². The van der Waals surface area contributed by atoms with Crippen LogP contribution in [-0.4, -0.2) is 46.2 Å². The van der Waals surface area contributed by atoms with Crippen LogP contribution in [0, 0.1) is 0 Å². The number of hydrogen-bond donors (Lipinski definition) is 3. The number of carbonyl (C=O) groups excluding carboxylic acids is 2. The third-order valence-electron chi connectivity index (χ3n) is 5.24. The number of urea groups is 1. The molecule has 0 fully saturated rings.